The number of hydrogen-bond donors (Lipinski definition) is 1. The second kappa shape index (κ2) is 8.71. The van der Waals surface area contributed by atoms with E-state index in [0.717, 1.165) is 24.2 Å². The van der Waals surface area contributed by atoms with Gasteiger partial charge in [0.25, 0.3) is 17.7 Å². The van der Waals surface area contributed by atoms with Crippen LogP contribution in [-0.2, 0) is 9.53 Å². The molecule has 2 unspecified atom stereocenters. The number of fused-ring (bicyclic) bond motifs is 1. The Bertz CT molecular complexity index is 996. The van der Waals surface area contributed by atoms with Crippen LogP contribution in [0, 0.1) is 5.92 Å². The molecule has 2 aromatic rings. The first-order chi connectivity index (χ1) is 15.0. The minimum Gasteiger partial charge on any atom is -0.452 e. The van der Waals surface area contributed by atoms with Crippen molar-refractivity contribution in [3.05, 3.63) is 65.2 Å². The molecule has 0 spiro atoms. The summed E-state index contributed by atoms with van der Waals surface area (Å²) in [7, 11) is 0. The van der Waals surface area contributed by atoms with Crippen LogP contribution in [0.2, 0.25) is 0 Å². The van der Waals surface area contributed by atoms with Crippen molar-refractivity contribution in [3.63, 3.8) is 0 Å². The standard InChI is InChI=1S/C24H24N2O5/c1-15-6-2-5-9-20(15)25-21(27)14-31-24(30)16-10-12-17(13-11-16)26-22(28)18-7-3-4-8-19(18)23(26)29/h3-4,7-8,10-13,15,20H,2,5-6,9,14H2,1H3,(H,25,27). The molecule has 7 heteroatoms. The van der Waals surface area contributed by atoms with Crippen LogP contribution in [-0.4, -0.2) is 36.3 Å². The Labute approximate surface area is 180 Å². The zero-order chi connectivity index (χ0) is 22.0. The highest BCUT2D eigenvalue weighted by Crippen LogP contribution is 2.28. The van der Waals surface area contributed by atoms with Gasteiger partial charge in [0, 0.05) is 6.04 Å². The third-order valence-corrected chi connectivity index (χ3v) is 5.95. The van der Waals surface area contributed by atoms with Gasteiger partial charge in [-0.1, -0.05) is 31.9 Å². The molecule has 1 aliphatic carbocycles. The summed E-state index contributed by atoms with van der Waals surface area (Å²) in [5, 5.41) is 2.94. The maximum Gasteiger partial charge on any atom is 0.338 e. The van der Waals surface area contributed by atoms with Crippen LogP contribution in [0.4, 0.5) is 5.69 Å². The number of nitrogens with zero attached hydrogens (tertiary/aromatic N) is 1. The molecule has 0 bridgehead atoms. The topological polar surface area (TPSA) is 92.8 Å². The van der Waals surface area contributed by atoms with E-state index in [-0.39, 0.29) is 24.1 Å². The molecule has 2 aliphatic rings. The molecule has 0 aromatic heterocycles. The largest absolute Gasteiger partial charge is 0.452 e. The van der Waals surface area contributed by atoms with E-state index >= 15 is 0 Å². The molecular weight excluding hydrogens is 396 g/mol. The van der Waals surface area contributed by atoms with E-state index in [1.165, 1.54) is 30.7 Å². The van der Waals surface area contributed by atoms with Gasteiger partial charge in [-0.3, -0.25) is 14.4 Å². The Balaban J connectivity index is 1.35. The molecule has 31 heavy (non-hydrogen) atoms. The van der Waals surface area contributed by atoms with Crippen LogP contribution in [0.15, 0.2) is 48.5 Å². The first-order valence-electron chi connectivity index (χ1n) is 10.5. The van der Waals surface area contributed by atoms with Crippen molar-refractivity contribution in [1.29, 1.82) is 0 Å². The van der Waals surface area contributed by atoms with E-state index in [4.69, 9.17) is 4.74 Å². The zero-order valence-electron chi connectivity index (χ0n) is 17.3. The maximum absolute atomic E-state index is 12.6. The molecule has 4 rings (SSSR count). The van der Waals surface area contributed by atoms with Gasteiger partial charge in [0.15, 0.2) is 6.61 Å². The van der Waals surface area contributed by atoms with Gasteiger partial charge in [0.05, 0.1) is 22.4 Å². The van der Waals surface area contributed by atoms with E-state index in [0.29, 0.717) is 22.7 Å². The summed E-state index contributed by atoms with van der Waals surface area (Å²) in [6.45, 7) is 1.77. The van der Waals surface area contributed by atoms with Crippen molar-refractivity contribution in [2.24, 2.45) is 5.92 Å². The van der Waals surface area contributed by atoms with Gasteiger partial charge in [0.2, 0.25) is 0 Å². The number of hydrogen-bond acceptors (Lipinski definition) is 5. The fourth-order valence-corrected chi connectivity index (χ4v) is 4.16. The Morgan fingerprint density at radius 2 is 1.58 bits per heavy atom. The van der Waals surface area contributed by atoms with Crippen molar-refractivity contribution < 1.29 is 23.9 Å². The Hall–Kier alpha value is -3.48. The predicted molar refractivity (Wildman–Crippen MR) is 114 cm³/mol. The normalized spacial score (nSPS) is 20.4. The van der Waals surface area contributed by atoms with Gasteiger partial charge < -0.3 is 10.1 Å². The minimum absolute atomic E-state index is 0.124. The fraction of sp³-hybridized carbons (Fsp3) is 0.333. The third kappa shape index (κ3) is 4.21. The number of rotatable bonds is 5. The van der Waals surface area contributed by atoms with E-state index in [9.17, 15) is 19.2 Å². The van der Waals surface area contributed by atoms with E-state index in [2.05, 4.69) is 12.2 Å². The molecule has 1 heterocycles. The van der Waals surface area contributed by atoms with Gasteiger partial charge in [-0.05, 0) is 55.2 Å². The van der Waals surface area contributed by atoms with Crippen LogP contribution in [0.3, 0.4) is 0 Å². The van der Waals surface area contributed by atoms with E-state index in [1.54, 1.807) is 24.3 Å². The van der Waals surface area contributed by atoms with Crippen LogP contribution in [0.25, 0.3) is 0 Å². The number of ether oxygens (including phenoxy) is 1. The van der Waals surface area contributed by atoms with Gasteiger partial charge in [-0.15, -0.1) is 0 Å². The minimum atomic E-state index is -0.638. The van der Waals surface area contributed by atoms with Gasteiger partial charge in [-0.25, -0.2) is 9.69 Å². The number of anilines is 1. The second-order valence-corrected chi connectivity index (χ2v) is 8.05. The average Bonchev–Trinajstić information content (AvgIpc) is 3.04. The van der Waals surface area contributed by atoms with Crippen molar-refractivity contribution in [2.75, 3.05) is 11.5 Å². The first-order valence-corrected chi connectivity index (χ1v) is 10.5. The lowest BCUT2D eigenvalue weighted by Crippen LogP contribution is -2.42. The monoisotopic (exact) mass is 420 g/mol. The summed E-state index contributed by atoms with van der Waals surface area (Å²) in [6, 6.07) is 12.7. The lowest BCUT2D eigenvalue weighted by atomic mass is 9.86. The molecule has 2 atom stereocenters. The van der Waals surface area contributed by atoms with Crippen molar-refractivity contribution in [1.82, 2.24) is 5.32 Å². The van der Waals surface area contributed by atoms with Gasteiger partial charge >= 0.3 is 5.97 Å². The summed E-state index contributed by atoms with van der Waals surface area (Å²) >= 11 is 0. The number of carbonyl (C=O) groups is 4. The third-order valence-electron chi connectivity index (χ3n) is 5.95. The molecular formula is C24H24N2O5. The number of amides is 3. The highest BCUT2D eigenvalue weighted by Gasteiger charge is 2.36. The summed E-state index contributed by atoms with van der Waals surface area (Å²) in [5.74, 6) is -1.33. The van der Waals surface area contributed by atoms with Crippen LogP contribution < -0.4 is 10.2 Å². The molecule has 160 valence electrons. The fourth-order valence-electron chi connectivity index (χ4n) is 4.16. The predicted octanol–water partition coefficient (Wildman–Crippen LogP) is 3.34. The molecule has 1 fully saturated rings. The number of nitrogens with one attached hydrogen (secondary N) is 1. The van der Waals surface area contributed by atoms with Gasteiger partial charge in [-0.2, -0.15) is 0 Å². The van der Waals surface area contributed by atoms with Crippen LogP contribution in [0.5, 0.6) is 0 Å². The van der Waals surface area contributed by atoms with Gasteiger partial charge in [0.1, 0.15) is 0 Å². The highest BCUT2D eigenvalue weighted by atomic mass is 16.5. The summed E-state index contributed by atoms with van der Waals surface area (Å²) in [6.07, 6.45) is 4.30. The molecule has 1 aliphatic heterocycles. The van der Waals surface area contributed by atoms with Crippen molar-refractivity contribution in [3.8, 4) is 0 Å². The molecule has 0 saturated heterocycles. The maximum atomic E-state index is 12.6. The van der Waals surface area contributed by atoms with E-state index < -0.39 is 17.8 Å². The smallest absolute Gasteiger partial charge is 0.338 e. The number of carbonyl (C=O) groups excluding carboxylic acids is 4. The van der Waals surface area contributed by atoms with E-state index in [1.807, 2.05) is 0 Å². The molecule has 3 amide bonds. The SMILES string of the molecule is CC1CCCCC1NC(=O)COC(=O)c1ccc(N2C(=O)c3ccccc3C2=O)cc1. The average molecular weight is 420 g/mol. The zero-order valence-corrected chi connectivity index (χ0v) is 17.3. The lowest BCUT2D eigenvalue weighted by molar-refractivity contribution is -0.125. The molecule has 0 radical (unpaired) electrons. The molecule has 1 N–H and O–H groups in total. The van der Waals surface area contributed by atoms with Crippen molar-refractivity contribution in [2.45, 2.75) is 38.6 Å². The number of benzene rings is 2. The Morgan fingerprint density at radius 3 is 2.19 bits per heavy atom. The Kier molecular flexibility index (Phi) is 5.84. The van der Waals surface area contributed by atoms with Crippen LogP contribution >= 0.6 is 0 Å². The second-order valence-electron chi connectivity index (χ2n) is 8.05. The molecule has 1 saturated carbocycles. The molecule has 2 aromatic carbocycles. The summed E-state index contributed by atoms with van der Waals surface area (Å²) < 4.78 is 5.13. The van der Waals surface area contributed by atoms with Crippen molar-refractivity contribution >= 4 is 29.4 Å². The van der Waals surface area contributed by atoms with Crippen LogP contribution in [0.1, 0.15) is 63.7 Å². The highest BCUT2D eigenvalue weighted by molar-refractivity contribution is 6.34. The quantitative estimate of drug-likeness (QED) is 0.592. The first kappa shape index (κ1) is 20.8. The lowest BCUT2D eigenvalue weighted by Gasteiger charge is -2.29. The Morgan fingerprint density at radius 1 is 0.968 bits per heavy atom. The number of esters is 1. The number of imide groups is 1. The molecule has 7 nitrogen and oxygen atoms in total. The summed E-state index contributed by atoms with van der Waals surface area (Å²) in [5.41, 5.74) is 1.31. The summed E-state index contributed by atoms with van der Waals surface area (Å²) in [4.78, 5) is 50.6.